The first kappa shape index (κ1) is 26.2. The molecule has 0 aromatic heterocycles. The summed E-state index contributed by atoms with van der Waals surface area (Å²) in [4.78, 5) is 30.8. The van der Waals surface area contributed by atoms with E-state index in [2.05, 4.69) is 28.5 Å². The number of likely N-dealkylation sites (tertiary alicyclic amines) is 1. The van der Waals surface area contributed by atoms with Gasteiger partial charge in [-0.1, -0.05) is 51.9 Å². The van der Waals surface area contributed by atoms with Crippen LogP contribution >= 0.6 is 0 Å². The van der Waals surface area contributed by atoms with Crippen LogP contribution in [0.4, 0.5) is 4.79 Å². The summed E-state index contributed by atoms with van der Waals surface area (Å²) >= 11 is 0. The molecule has 4 rings (SSSR count). The molecule has 2 N–H and O–H groups in total. The molecule has 3 unspecified atom stereocenters. The van der Waals surface area contributed by atoms with Gasteiger partial charge in [-0.3, -0.25) is 4.79 Å². The van der Waals surface area contributed by atoms with Crippen molar-refractivity contribution < 1.29 is 14.3 Å². The lowest BCUT2D eigenvalue weighted by molar-refractivity contribution is -0.125. The molecule has 2 saturated carbocycles. The van der Waals surface area contributed by atoms with Crippen LogP contribution in [0.25, 0.3) is 0 Å². The maximum Gasteiger partial charge on any atom is 0.318 e. The number of amides is 3. The van der Waals surface area contributed by atoms with E-state index in [0.717, 1.165) is 31.8 Å². The van der Waals surface area contributed by atoms with Gasteiger partial charge in [-0.25, -0.2) is 4.79 Å². The highest BCUT2D eigenvalue weighted by molar-refractivity contribution is 5.87. The molecule has 4 aliphatic rings. The number of ether oxygens (including phenoxy) is 1. The Labute approximate surface area is 211 Å². The van der Waals surface area contributed by atoms with Crippen molar-refractivity contribution >= 4 is 11.9 Å². The van der Waals surface area contributed by atoms with Crippen molar-refractivity contribution in [1.29, 1.82) is 5.26 Å². The molecule has 0 aromatic rings. The average Bonchev–Trinajstić information content (AvgIpc) is 2.89. The van der Waals surface area contributed by atoms with Crippen LogP contribution in [-0.4, -0.2) is 78.8 Å². The fourth-order valence-electron chi connectivity index (χ4n) is 6.59. The van der Waals surface area contributed by atoms with Gasteiger partial charge in [0, 0.05) is 32.2 Å². The third kappa shape index (κ3) is 7.10. The highest BCUT2D eigenvalue weighted by atomic mass is 16.5. The van der Waals surface area contributed by atoms with Gasteiger partial charge in [-0.05, 0) is 43.9 Å². The summed E-state index contributed by atoms with van der Waals surface area (Å²) in [5.41, 5.74) is -0.845. The van der Waals surface area contributed by atoms with Gasteiger partial charge < -0.3 is 25.2 Å². The Kier molecular flexibility index (Phi) is 9.29. The van der Waals surface area contributed by atoms with Crippen LogP contribution in [0.1, 0.15) is 84.0 Å². The van der Waals surface area contributed by atoms with Crippen LogP contribution in [0.3, 0.4) is 0 Å². The first-order chi connectivity index (χ1) is 17.0. The van der Waals surface area contributed by atoms with E-state index in [1.165, 1.54) is 44.9 Å². The highest BCUT2D eigenvalue weighted by Gasteiger charge is 2.40. The minimum atomic E-state index is -0.845. The number of nitriles is 1. The Hall–Kier alpha value is -1.85. The fraction of sp³-hybridized carbons (Fsp3) is 0.889. The SMILES string of the molecule is CC1CCCC(N2CCC(C#N)(NC(=O)C(CC3CCCCC3)NC(=O)N3CCOCC3)CC2)C1. The molecule has 0 bridgehead atoms. The second kappa shape index (κ2) is 12.4. The number of nitrogens with zero attached hydrogens (tertiary/aromatic N) is 3. The maximum atomic E-state index is 13.6. The van der Waals surface area contributed by atoms with Crippen LogP contribution < -0.4 is 10.6 Å². The molecule has 35 heavy (non-hydrogen) atoms. The number of nitrogens with one attached hydrogen (secondary N) is 2. The van der Waals surface area contributed by atoms with Crippen molar-refractivity contribution in [2.75, 3.05) is 39.4 Å². The summed E-state index contributed by atoms with van der Waals surface area (Å²) in [7, 11) is 0. The van der Waals surface area contributed by atoms with E-state index >= 15 is 0 Å². The smallest absolute Gasteiger partial charge is 0.318 e. The number of piperidine rings is 1. The number of urea groups is 1. The van der Waals surface area contributed by atoms with Gasteiger partial charge in [0.25, 0.3) is 0 Å². The van der Waals surface area contributed by atoms with Gasteiger partial charge in [0.05, 0.1) is 19.3 Å². The molecule has 0 aromatic carbocycles. The zero-order valence-corrected chi connectivity index (χ0v) is 21.6. The van der Waals surface area contributed by atoms with Crippen molar-refractivity contribution in [2.45, 2.75) is 102 Å². The molecule has 2 aliphatic heterocycles. The molecule has 196 valence electrons. The lowest BCUT2D eigenvalue weighted by atomic mass is 9.82. The summed E-state index contributed by atoms with van der Waals surface area (Å²) in [5, 5.41) is 16.3. The van der Waals surface area contributed by atoms with Crippen LogP contribution in [-0.2, 0) is 9.53 Å². The molecular formula is C27H45N5O3. The lowest BCUT2D eigenvalue weighted by Crippen LogP contribution is -2.61. The van der Waals surface area contributed by atoms with Gasteiger partial charge in [0.1, 0.15) is 11.6 Å². The van der Waals surface area contributed by atoms with Crippen molar-refractivity contribution in [3.63, 3.8) is 0 Å². The Morgan fingerprint density at radius 2 is 1.74 bits per heavy atom. The number of morpholine rings is 1. The normalized spacial score (nSPS) is 29.1. The molecule has 4 fully saturated rings. The van der Waals surface area contributed by atoms with Gasteiger partial charge in [0.15, 0.2) is 0 Å². The van der Waals surface area contributed by atoms with E-state index in [1.807, 2.05) is 0 Å². The largest absolute Gasteiger partial charge is 0.378 e. The molecule has 0 radical (unpaired) electrons. The molecule has 0 spiro atoms. The Balaban J connectivity index is 1.37. The summed E-state index contributed by atoms with van der Waals surface area (Å²) < 4.78 is 5.37. The number of hydrogen-bond acceptors (Lipinski definition) is 5. The molecule has 3 atom stereocenters. The topological polar surface area (TPSA) is 97.7 Å². The van der Waals surface area contributed by atoms with Crippen molar-refractivity contribution in [3.05, 3.63) is 0 Å². The van der Waals surface area contributed by atoms with Gasteiger partial charge in [-0.15, -0.1) is 0 Å². The third-order valence-electron chi connectivity index (χ3n) is 8.86. The van der Waals surface area contributed by atoms with Crippen LogP contribution in [0.5, 0.6) is 0 Å². The molecule has 8 nitrogen and oxygen atoms in total. The second-order valence-electron chi connectivity index (χ2n) is 11.5. The minimum Gasteiger partial charge on any atom is -0.378 e. The number of carbonyl (C=O) groups excluding carboxylic acids is 2. The van der Waals surface area contributed by atoms with Crippen molar-refractivity contribution in [2.24, 2.45) is 11.8 Å². The van der Waals surface area contributed by atoms with E-state index in [9.17, 15) is 14.9 Å². The summed E-state index contributed by atoms with van der Waals surface area (Å²) in [6.07, 6.45) is 12.9. The van der Waals surface area contributed by atoms with Crippen LogP contribution in [0.15, 0.2) is 0 Å². The number of rotatable bonds is 6. The van der Waals surface area contributed by atoms with E-state index in [-0.39, 0.29) is 11.9 Å². The van der Waals surface area contributed by atoms with Crippen LogP contribution in [0.2, 0.25) is 0 Å². The van der Waals surface area contributed by atoms with Crippen molar-refractivity contribution in [3.8, 4) is 6.07 Å². The zero-order valence-electron chi connectivity index (χ0n) is 21.6. The summed E-state index contributed by atoms with van der Waals surface area (Å²) in [6.45, 7) is 6.18. The van der Waals surface area contributed by atoms with E-state index in [4.69, 9.17) is 4.74 Å². The van der Waals surface area contributed by atoms with E-state index in [1.54, 1.807) is 4.90 Å². The van der Waals surface area contributed by atoms with Crippen LogP contribution in [0, 0.1) is 23.2 Å². The number of hydrogen-bond donors (Lipinski definition) is 2. The Morgan fingerprint density at radius 1 is 1.03 bits per heavy atom. The molecular weight excluding hydrogens is 442 g/mol. The van der Waals surface area contributed by atoms with E-state index in [0.29, 0.717) is 57.5 Å². The van der Waals surface area contributed by atoms with Gasteiger partial charge >= 0.3 is 6.03 Å². The molecule has 8 heteroatoms. The molecule has 2 saturated heterocycles. The first-order valence-corrected chi connectivity index (χ1v) is 14.1. The fourth-order valence-corrected chi connectivity index (χ4v) is 6.59. The van der Waals surface area contributed by atoms with Gasteiger partial charge in [0.2, 0.25) is 5.91 Å². The predicted molar refractivity (Wildman–Crippen MR) is 135 cm³/mol. The Morgan fingerprint density at radius 3 is 2.40 bits per heavy atom. The number of carbonyl (C=O) groups is 2. The third-order valence-corrected chi connectivity index (χ3v) is 8.86. The monoisotopic (exact) mass is 487 g/mol. The zero-order chi connectivity index (χ0) is 24.7. The minimum absolute atomic E-state index is 0.196. The predicted octanol–water partition coefficient (Wildman–Crippen LogP) is 3.42. The molecule has 2 aliphatic carbocycles. The molecule has 2 heterocycles. The van der Waals surface area contributed by atoms with Crippen molar-refractivity contribution in [1.82, 2.24) is 20.4 Å². The average molecular weight is 488 g/mol. The quantitative estimate of drug-likeness (QED) is 0.598. The summed E-state index contributed by atoms with van der Waals surface area (Å²) in [6, 6.07) is 2.27. The first-order valence-electron chi connectivity index (χ1n) is 14.1. The van der Waals surface area contributed by atoms with E-state index < -0.39 is 11.6 Å². The second-order valence-corrected chi connectivity index (χ2v) is 11.5. The molecule has 3 amide bonds. The Bertz CT molecular complexity index is 748. The summed E-state index contributed by atoms with van der Waals surface area (Å²) in [5.74, 6) is 1.02. The standard InChI is InChI=1S/C27H45N5O3/c1-21-6-5-9-23(18-21)31-12-10-27(20-28,11-13-31)30-25(33)24(19-22-7-3-2-4-8-22)29-26(34)32-14-16-35-17-15-32/h21-24H,2-19H2,1H3,(H,29,34)(H,30,33). The lowest BCUT2D eigenvalue weighted by Gasteiger charge is -2.44. The van der Waals surface area contributed by atoms with Gasteiger partial charge in [-0.2, -0.15) is 5.26 Å². The maximum absolute atomic E-state index is 13.6. The highest BCUT2D eigenvalue weighted by Crippen LogP contribution is 2.32.